The molecule has 0 saturated carbocycles. The summed E-state index contributed by atoms with van der Waals surface area (Å²) in [5, 5.41) is 0. The monoisotopic (exact) mass is 360 g/mol. The number of alkyl halides is 6. The van der Waals surface area contributed by atoms with Crippen LogP contribution in [0.25, 0.3) is 0 Å². The fourth-order valence-electron chi connectivity index (χ4n) is 2.42. The molecule has 0 N–H and O–H groups in total. The molecule has 2 aliphatic heterocycles. The molecule has 0 amide bonds. The standard InChI is InChI=1S/C15H10F6N4/c1-9-4-3-7-25-11(9)23-13(14(16,17)18,15(19,20)21)24-12(25)10-5-2-6-22-8-10/h2-8H,1H3. The van der Waals surface area contributed by atoms with Gasteiger partial charge < -0.3 is 0 Å². The maximum absolute atomic E-state index is 13.5. The molecule has 3 heterocycles. The van der Waals surface area contributed by atoms with Gasteiger partial charge in [-0.3, -0.25) is 9.88 Å². The highest BCUT2D eigenvalue weighted by molar-refractivity contribution is 6.17. The summed E-state index contributed by atoms with van der Waals surface area (Å²) in [6.07, 6.45) is -4.89. The van der Waals surface area contributed by atoms with Crippen molar-refractivity contribution in [3.05, 3.63) is 54.0 Å². The Morgan fingerprint density at radius 3 is 2.20 bits per heavy atom. The van der Waals surface area contributed by atoms with Crippen LogP contribution in [0.2, 0.25) is 0 Å². The number of nitrogens with zero attached hydrogens (tertiary/aromatic N) is 4. The molecule has 1 aromatic heterocycles. The molecule has 25 heavy (non-hydrogen) atoms. The Kier molecular flexibility index (Phi) is 3.73. The van der Waals surface area contributed by atoms with Gasteiger partial charge in [0.15, 0.2) is 0 Å². The van der Waals surface area contributed by atoms with Gasteiger partial charge in [0.2, 0.25) is 0 Å². The number of halogens is 6. The zero-order valence-corrected chi connectivity index (χ0v) is 12.6. The second-order valence-electron chi connectivity index (χ2n) is 5.34. The number of allylic oxidation sites excluding steroid dienone is 2. The van der Waals surface area contributed by atoms with E-state index in [9.17, 15) is 26.3 Å². The first kappa shape index (κ1) is 17.2. The Morgan fingerprint density at radius 1 is 1.00 bits per heavy atom. The van der Waals surface area contributed by atoms with Crippen molar-refractivity contribution in [2.75, 3.05) is 0 Å². The maximum atomic E-state index is 13.5. The van der Waals surface area contributed by atoms with E-state index in [1.54, 1.807) is 0 Å². The van der Waals surface area contributed by atoms with Crippen molar-refractivity contribution in [2.45, 2.75) is 24.9 Å². The topological polar surface area (TPSA) is 40.9 Å². The van der Waals surface area contributed by atoms with Gasteiger partial charge in [-0.1, -0.05) is 6.08 Å². The number of amidine groups is 2. The third kappa shape index (κ3) is 2.61. The quantitative estimate of drug-likeness (QED) is 0.714. The highest BCUT2D eigenvalue weighted by Crippen LogP contribution is 2.49. The lowest BCUT2D eigenvalue weighted by Crippen LogP contribution is -2.59. The van der Waals surface area contributed by atoms with E-state index in [-0.39, 0.29) is 11.1 Å². The van der Waals surface area contributed by atoms with E-state index in [2.05, 4.69) is 15.0 Å². The van der Waals surface area contributed by atoms with Crippen LogP contribution in [0.4, 0.5) is 26.3 Å². The van der Waals surface area contributed by atoms with Crippen molar-refractivity contribution in [1.29, 1.82) is 0 Å². The molecule has 0 unspecified atom stereocenters. The summed E-state index contributed by atoms with van der Waals surface area (Å²) in [5.41, 5.74) is -4.42. The first-order valence-electron chi connectivity index (χ1n) is 6.95. The van der Waals surface area contributed by atoms with Crippen molar-refractivity contribution in [2.24, 2.45) is 9.98 Å². The van der Waals surface area contributed by atoms with E-state index in [4.69, 9.17) is 0 Å². The Balaban J connectivity index is 2.32. The number of aromatic nitrogens is 1. The molecule has 0 spiro atoms. The number of hydrogen-bond donors (Lipinski definition) is 0. The van der Waals surface area contributed by atoms with Crippen LogP contribution >= 0.6 is 0 Å². The van der Waals surface area contributed by atoms with E-state index in [1.165, 1.54) is 43.6 Å². The summed E-state index contributed by atoms with van der Waals surface area (Å²) in [6, 6.07) is 2.72. The molecule has 0 aromatic carbocycles. The summed E-state index contributed by atoms with van der Waals surface area (Å²) in [5.74, 6) is -0.998. The van der Waals surface area contributed by atoms with Crippen LogP contribution in [0.5, 0.6) is 0 Å². The van der Waals surface area contributed by atoms with Crippen molar-refractivity contribution in [3.8, 4) is 0 Å². The number of hydrogen-bond acceptors (Lipinski definition) is 4. The molecular weight excluding hydrogens is 350 g/mol. The molecule has 0 radical (unpaired) electrons. The average Bonchev–Trinajstić information content (AvgIpc) is 2.53. The van der Waals surface area contributed by atoms with Gasteiger partial charge in [-0.05, 0) is 30.7 Å². The lowest BCUT2D eigenvalue weighted by atomic mass is 10.0. The van der Waals surface area contributed by atoms with Crippen molar-refractivity contribution in [3.63, 3.8) is 0 Å². The third-order valence-electron chi connectivity index (χ3n) is 3.64. The molecule has 0 fully saturated rings. The predicted molar refractivity (Wildman–Crippen MR) is 77.8 cm³/mol. The van der Waals surface area contributed by atoms with Gasteiger partial charge in [0.25, 0.3) is 0 Å². The first-order chi connectivity index (χ1) is 11.6. The lowest BCUT2D eigenvalue weighted by molar-refractivity contribution is -0.292. The van der Waals surface area contributed by atoms with Crippen LogP contribution in [0.1, 0.15) is 12.5 Å². The summed E-state index contributed by atoms with van der Waals surface area (Å²) in [6.45, 7) is 1.37. The largest absolute Gasteiger partial charge is 0.443 e. The minimum absolute atomic E-state index is 0.00660. The van der Waals surface area contributed by atoms with Crippen LogP contribution in [-0.4, -0.2) is 39.6 Å². The van der Waals surface area contributed by atoms with Crippen LogP contribution in [0.3, 0.4) is 0 Å². The SMILES string of the molecule is CC1=CC=CN2C1=NC(C(F)(F)F)(C(F)(F)F)N=C2c1cccnc1. The summed E-state index contributed by atoms with van der Waals surface area (Å²) in [7, 11) is 0. The van der Waals surface area contributed by atoms with E-state index in [1.807, 2.05) is 0 Å². The molecule has 0 atom stereocenters. The molecule has 10 heteroatoms. The van der Waals surface area contributed by atoms with Crippen LogP contribution in [0, 0.1) is 0 Å². The molecule has 1 aromatic rings. The van der Waals surface area contributed by atoms with Gasteiger partial charge in [-0.25, -0.2) is 9.98 Å². The molecule has 0 saturated heterocycles. The van der Waals surface area contributed by atoms with Crippen molar-refractivity contribution < 1.29 is 26.3 Å². The van der Waals surface area contributed by atoms with Crippen molar-refractivity contribution in [1.82, 2.24) is 9.88 Å². The molecule has 2 aliphatic rings. The number of pyridine rings is 1. The summed E-state index contributed by atoms with van der Waals surface area (Å²) in [4.78, 5) is 10.9. The van der Waals surface area contributed by atoms with Crippen LogP contribution in [-0.2, 0) is 0 Å². The number of fused-ring (bicyclic) bond motifs is 1. The Morgan fingerprint density at radius 2 is 1.64 bits per heavy atom. The Hall–Kier alpha value is -2.65. The maximum Gasteiger partial charge on any atom is 0.443 e. The number of aliphatic imine (C=N–C) groups is 2. The van der Waals surface area contributed by atoms with E-state index < -0.39 is 29.7 Å². The summed E-state index contributed by atoms with van der Waals surface area (Å²) < 4.78 is 80.8. The molecular formula is C15H10F6N4. The van der Waals surface area contributed by atoms with Gasteiger partial charge in [0.05, 0.1) is 0 Å². The smallest absolute Gasteiger partial charge is 0.286 e. The molecule has 4 nitrogen and oxygen atoms in total. The van der Waals surface area contributed by atoms with Crippen molar-refractivity contribution >= 4 is 11.7 Å². The van der Waals surface area contributed by atoms with E-state index >= 15 is 0 Å². The Labute approximate surface area is 137 Å². The third-order valence-corrected chi connectivity index (χ3v) is 3.64. The zero-order valence-electron chi connectivity index (χ0n) is 12.6. The summed E-state index contributed by atoms with van der Waals surface area (Å²) >= 11 is 0. The fraction of sp³-hybridized carbons (Fsp3) is 0.267. The van der Waals surface area contributed by atoms with Gasteiger partial charge in [-0.15, -0.1) is 0 Å². The Bertz CT molecular complexity index is 788. The predicted octanol–water partition coefficient (Wildman–Crippen LogP) is 3.84. The van der Waals surface area contributed by atoms with Crippen LogP contribution in [0.15, 0.2) is 58.4 Å². The fourth-order valence-corrected chi connectivity index (χ4v) is 2.42. The van der Waals surface area contributed by atoms with Gasteiger partial charge in [-0.2, -0.15) is 26.3 Å². The lowest BCUT2D eigenvalue weighted by Gasteiger charge is -2.39. The highest BCUT2D eigenvalue weighted by atomic mass is 19.4. The number of rotatable bonds is 1. The average molecular weight is 360 g/mol. The first-order valence-corrected chi connectivity index (χ1v) is 6.95. The van der Waals surface area contributed by atoms with Gasteiger partial charge in [0.1, 0.15) is 11.7 Å². The zero-order chi connectivity index (χ0) is 18.5. The van der Waals surface area contributed by atoms with Gasteiger partial charge in [0, 0.05) is 24.2 Å². The highest BCUT2D eigenvalue weighted by Gasteiger charge is 2.74. The second-order valence-corrected chi connectivity index (χ2v) is 5.34. The normalized spacial score (nSPS) is 19.8. The molecule has 132 valence electrons. The molecule has 0 aliphatic carbocycles. The minimum Gasteiger partial charge on any atom is -0.286 e. The van der Waals surface area contributed by atoms with Crippen LogP contribution < -0.4 is 0 Å². The van der Waals surface area contributed by atoms with E-state index in [0.29, 0.717) is 0 Å². The van der Waals surface area contributed by atoms with Gasteiger partial charge >= 0.3 is 18.0 Å². The second kappa shape index (κ2) is 5.43. The van der Waals surface area contributed by atoms with E-state index in [0.717, 1.165) is 11.1 Å². The minimum atomic E-state index is -5.76. The molecule has 3 rings (SSSR count). The molecule has 0 bridgehead atoms.